The topological polar surface area (TPSA) is 118 Å². The van der Waals surface area contributed by atoms with Crippen molar-refractivity contribution in [3.05, 3.63) is 98.9 Å². The summed E-state index contributed by atoms with van der Waals surface area (Å²) in [6, 6.07) is 16.6. The Morgan fingerprint density at radius 2 is 1.46 bits per heavy atom. The molecule has 0 aliphatic carbocycles. The van der Waals surface area contributed by atoms with Crippen LogP contribution in [-0.2, 0) is 22.6 Å². The van der Waals surface area contributed by atoms with Crippen LogP contribution in [0.25, 0.3) is 4.85 Å². The first kappa shape index (κ1) is 37.3. The maximum absolute atomic E-state index is 13.6. The number of amides is 5. The lowest BCUT2D eigenvalue weighted by atomic mass is 9.77. The third-order valence-electron chi connectivity index (χ3n) is 13.4. The van der Waals surface area contributed by atoms with Crippen LogP contribution in [0.5, 0.6) is 0 Å². The standard InChI is InChI=1S/C44H46ClN7O5/c1-46-37-7-6-33(24-36(37)45)51-21-15-44(27-51)13-19-49(20-14-44)32-4-2-29(3-5-32)41(55)50-17-10-28(11-18-50)25-48-16-12-30-22-34-35(23-31(30)26-48)43(57)52(42(34)56)38-8-9-39(53)47-40(38)54/h2-7,22-24,28,38H,8-21,25-27H2,(H,47,53,54). The molecular weight excluding hydrogens is 742 g/mol. The highest BCUT2D eigenvalue weighted by Crippen LogP contribution is 2.44. The fourth-order valence-electron chi connectivity index (χ4n) is 10.0. The van der Waals surface area contributed by atoms with Crippen LogP contribution in [0, 0.1) is 17.9 Å². The summed E-state index contributed by atoms with van der Waals surface area (Å²) < 4.78 is 0. The molecular formula is C44H46ClN7O5. The lowest BCUT2D eigenvalue weighted by molar-refractivity contribution is -0.136. The predicted octanol–water partition coefficient (Wildman–Crippen LogP) is 5.70. The molecule has 1 spiro atoms. The van der Waals surface area contributed by atoms with E-state index in [2.05, 4.69) is 37.0 Å². The van der Waals surface area contributed by atoms with Crippen LogP contribution in [0.4, 0.5) is 17.1 Å². The maximum atomic E-state index is 13.6. The van der Waals surface area contributed by atoms with E-state index in [9.17, 15) is 24.0 Å². The van der Waals surface area contributed by atoms with E-state index in [0.717, 1.165) is 124 Å². The first-order valence-corrected chi connectivity index (χ1v) is 20.6. The Bertz CT molecular complexity index is 2200. The summed E-state index contributed by atoms with van der Waals surface area (Å²) >= 11 is 6.34. The van der Waals surface area contributed by atoms with Gasteiger partial charge in [-0.2, -0.15) is 0 Å². The van der Waals surface area contributed by atoms with E-state index in [-0.39, 0.29) is 30.1 Å². The average molecular weight is 788 g/mol. The zero-order chi connectivity index (χ0) is 39.4. The Morgan fingerprint density at radius 1 is 0.789 bits per heavy atom. The molecule has 5 amide bonds. The summed E-state index contributed by atoms with van der Waals surface area (Å²) in [5.41, 5.74) is 6.52. The van der Waals surface area contributed by atoms with Gasteiger partial charge >= 0.3 is 0 Å². The Morgan fingerprint density at radius 3 is 2.12 bits per heavy atom. The molecule has 3 aromatic carbocycles. The minimum absolute atomic E-state index is 0.0829. The van der Waals surface area contributed by atoms with Crippen LogP contribution in [-0.4, -0.2) is 103 Å². The Labute approximate surface area is 337 Å². The fraction of sp³-hybridized carbons (Fsp3) is 0.455. The van der Waals surface area contributed by atoms with Gasteiger partial charge in [-0.15, -0.1) is 0 Å². The molecule has 13 heteroatoms. The van der Waals surface area contributed by atoms with Crippen LogP contribution in [0.15, 0.2) is 54.6 Å². The van der Waals surface area contributed by atoms with E-state index in [4.69, 9.17) is 18.2 Å². The molecule has 4 saturated heterocycles. The Kier molecular flexibility index (Phi) is 9.77. The second-order valence-corrected chi connectivity index (χ2v) is 17.2. The maximum Gasteiger partial charge on any atom is 0.262 e. The third kappa shape index (κ3) is 7.06. The number of carbonyl (C=O) groups excluding carboxylic acids is 5. The van der Waals surface area contributed by atoms with Gasteiger partial charge in [-0.25, -0.2) is 4.85 Å². The van der Waals surface area contributed by atoms with Crippen molar-refractivity contribution in [2.24, 2.45) is 11.3 Å². The van der Waals surface area contributed by atoms with E-state index in [1.807, 2.05) is 47.4 Å². The second kappa shape index (κ2) is 14.9. The van der Waals surface area contributed by atoms with E-state index in [1.54, 1.807) is 0 Å². The molecule has 3 aromatic rings. The van der Waals surface area contributed by atoms with Crippen molar-refractivity contribution in [1.82, 2.24) is 20.0 Å². The average Bonchev–Trinajstić information content (AvgIpc) is 3.74. The number of nitrogens with zero attached hydrogens (tertiary/aromatic N) is 6. The number of nitrogens with one attached hydrogen (secondary N) is 1. The van der Waals surface area contributed by atoms with Crippen LogP contribution in [0.2, 0.25) is 5.02 Å². The summed E-state index contributed by atoms with van der Waals surface area (Å²) in [7, 11) is 0. The smallest absolute Gasteiger partial charge is 0.262 e. The summed E-state index contributed by atoms with van der Waals surface area (Å²) in [5.74, 6) is -1.39. The predicted molar refractivity (Wildman–Crippen MR) is 216 cm³/mol. The van der Waals surface area contributed by atoms with Gasteiger partial charge in [0, 0.05) is 87.3 Å². The number of anilines is 2. The van der Waals surface area contributed by atoms with Gasteiger partial charge in [0.1, 0.15) is 6.04 Å². The van der Waals surface area contributed by atoms with Gasteiger partial charge in [0.05, 0.1) is 17.7 Å². The van der Waals surface area contributed by atoms with Crippen molar-refractivity contribution in [3.63, 3.8) is 0 Å². The molecule has 6 heterocycles. The molecule has 57 heavy (non-hydrogen) atoms. The van der Waals surface area contributed by atoms with Crippen molar-refractivity contribution in [2.75, 3.05) is 62.2 Å². The highest BCUT2D eigenvalue weighted by atomic mass is 35.5. The van der Waals surface area contributed by atoms with E-state index in [1.165, 1.54) is 0 Å². The zero-order valence-electron chi connectivity index (χ0n) is 32.0. The quantitative estimate of drug-likeness (QED) is 0.250. The minimum Gasteiger partial charge on any atom is -0.371 e. The molecule has 294 valence electrons. The van der Waals surface area contributed by atoms with Gasteiger partial charge in [0.25, 0.3) is 17.7 Å². The number of hydrogen-bond acceptors (Lipinski definition) is 8. The second-order valence-electron chi connectivity index (χ2n) is 16.8. The largest absolute Gasteiger partial charge is 0.371 e. The summed E-state index contributed by atoms with van der Waals surface area (Å²) in [5, 5.41) is 2.77. The third-order valence-corrected chi connectivity index (χ3v) is 13.7. The van der Waals surface area contributed by atoms with E-state index in [0.29, 0.717) is 34.3 Å². The van der Waals surface area contributed by atoms with Crippen LogP contribution >= 0.6 is 11.6 Å². The molecule has 0 saturated carbocycles. The molecule has 0 bridgehead atoms. The number of benzene rings is 3. The molecule has 0 aromatic heterocycles. The number of fused-ring (bicyclic) bond motifs is 2. The zero-order valence-corrected chi connectivity index (χ0v) is 32.7. The normalized spacial score (nSPS) is 22.5. The number of rotatable bonds is 6. The molecule has 6 aliphatic heterocycles. The molecule has 1 unspecified atom stereocenters. The van der Waals surface area contributed by atoms with Crippen molar-refractivity contribution in [1.29, 1.82) is 0 Å². The van der Waals surface area contributed by atoms with Crippen LogP contribution in [0.1, 0.15) is 87.1 Å². The SMILES string of the molecule is [C-]#[N+]c1ccc(N2CCC3(CCN(c4ccc(C(=O)N5CCC(CN6CCc7cc8c(cc7C6)C(=O)N(C6CCC(=O)NC6=O)C8=O)CC5)cc4)CC3)C2)cc1Cl. The summed E-state index contributed by atoms with van der Waals surface area (Å²) in [6.07, 6.45) is 6.24. The van der Waals surface area contributed by atoms with Gasteiger partial charge in [0.15, 0.2) is 0 Å². The van der Waals surface area contributed by atoms with Gasteiger partial charge < -0.3 is 14.7 Å². The van der Waals surface area contributed by atoms with Crippen molar-refractivity contribution >= 4 is 58.2 Å². The van der Waals surface area contributed by atoms with Crippen LogP contribution < -0.4 is 15.1 Å². The minimum atomic E-state index is -0.969. The molecule has 1 N–H and O–H groups in total. The van der Waals surface area contributed by atoms with Crippen LogP contribution in [0.3, 0.4) is 0 Å². The van der Waals surface area contributed by atoms with Gasteiger partial charge in [-0.3, -0.25) is 39.1 Å². The molecule has 12 nitrogen and oxygen atoms in total. The highest BCUT2D eigenvalue weighted by molar-refractivity contribution is 6.33. The molecule has 4 fully saturated rings. The van der Waals surface area contributed by atoms with Gasteiger partial charge in [-0.05, 0) is 116 Å². The first-order chi connectivity index (χ1) is 27.6. The van der Waals surface area contributed by atoms with Gasteiger partial charge in [-0.1, -0.05) is 17.7 Å². The van der Waals surface area contributed by atoms with E-state index < -0.39 is 23.8 Å². The molecule has 9 rings (SSSR count). The number of piperidine rings is 3. The lowest BCUT2D eigenvalue weighted by Crippen LogP contribution is -2.54. The molecule has 1 atom stereocenters. The highest BCUT2D eigenvalue weighted by Gasteiger charge is 2.45. The van der Waals surface area contributed by atoms with E-state index >= 15 is 0 Å². The summed E-state index contributed by atoms with van der Waals surface area (Å²) in [6.45, 7) is 15.1. The number of carbonyl (C=O) groups is 5. The molecule has 0 radical (unpaired) electrons. The number of hydrogen-bond donors (Lipinski definition) is 1. The Hall–Kier alpha value is -5.25. The van der Waals surface area contributed by atoms with Crippen molar-refractivity contribution < 1.29 is 24.0 Å². The monoisotopic (exact) mass is 787 g/mol. The van der Waals surface area contributed by atoms with Crippen molar-refractivity contribution in [2.45, 2.75) is 64.0 Å². The van der Waals surface area contributed by atoms with Crippen molar-refractivity contribution in [3.8, 4) is 0 Å². The number of imide groups is 2. The first-order valence-electron chi connectivity index (χ1n) is 20.2. The summed E-state index contributed by atoms with van der Waals surface area (Å²) in [4.78, 5) is 78.2. The lowest BCUT2D eigenvalue weighted by Gasteiger charge is -2.40. The molecule has 6 aliphatic rings. The van der Waals surface area contributed by atoms with Gasteiger partial charge in [0.2, 0.25) is 17.5 Å². The number of likely N-dealkylation sites (tertiary alicyclic amines) is 1. The Balaban J connectivity index is 0.746. The number of halogens is 1. The fourth-order valence-corrected chi connectivity index (χ4v) is 10.2.